The Balaban J connectivity index is 1.77. The van der Waals surface area contributed by atoms with Gasteiger partial charge in [0.1, 0.15) is 23.7 Å². The summed E-state index contributed by atoms with van der Waals surface area (Å²) < 4.78 is 16.0. The quantitative estimate of drug-likeness (QED) is 0.414. The molecule has 0 unspecified atom stereocenters. The maximum Gasteiger partial charge on any atom is 0.407 e. The molecule has 2 aliphatic heterocycles. The number of hydrogen-bond acceptors (Lipinski definition) is 8. The van der Waals surface area contributed by atoms with Crippen molar-refractivity contribution < 1.29 is 33.1 Å². The third-order valence-corrected chi connectivity index (χ3v) is 11.9. The van der Waals surface area contributed by atoms with Crippen LogP contribution in [0.4, 0.5) is 9.59 Å². The molecule has 2 heterocycles. The van der Waals surface area contributed by atoms with Gasteiger partial charge < -0.3 is 25.0 Å². The maximum atomic E-state index is 13.2. The molecular weight excluding hydrogens is 454 g/mol. The summed E-state index contributed by atoms with van der Waals surface area (Å²) in [7, 11) is -2.49. The zero-order chi connectivity index (χ0) is 23.8. The van der Waals surface area contributed by atoms with Crippen molar-refractivity contribution in [3.8, 4) is 0 Å². The first-order chi connectivity index (χ1) is 14.8. The minimum absolute atomic E-state index is 0.0641. The van der Waals surface area contributed by atoms with E-state index in [1.165, 1.54) is 16.7 Å². The number of alkyl carbamates (subject to hydrolysis) is 1. The fourth-order valence-electron chi connectivity index (χ4n) is 3.02. The molecule has 0 radical (unpaired) electrons. The Hall–Kier alpha value is -2.21. The molecule has 10 nitrogen and oxygen atoms in total. The van der Waals surface area contributed by atoms with Gasteiger partial charge in [-0.3, -0.25) is 9.69 Å². The normalized spacial score (nSPS) is 23.2. The van der Waals surface area contributed by atoms with E-state index in [-0.39, 0.29) is 17.3 Å². The topological polar surface area (TPSA) is 137 Å². The average Bonchev–Trinajstić information content (AvgIpc) is 3.51. The van der Waals surface area contributed by atoms with Gasteiger partial charge in [0.25, 0.3) is 14.2 Å². The minimum Gasteiger partial charge on any atom is -0.515 e. The van der Waals surface area contributed by atoms with Gasteiger partial charge in [-0.05, 0) is 36.9 Å². The van der Waals surface area contributed by atoms with Gasteiger partial charge >= 0.3 is 18.2 Å². The van der Waals surface area contributed by atoms with Gasteiger partial charge in [0, 0.05) is 11.3 Å². The van der Waals surface area contributed by atoms with Crippen LogP contribution in [0.3, 0.4) is 0 Å². The molecule has 12 heteroatoms. The van der Waals surface area contributed by atoms with Gasteiger partial charge in [0.15, 0.2) is 0 Å². The molecule has 0 aromatic carbocycles. The van der Waals surface area contributed by atoms with Crippen molar-refractivity contribution in [1.82, 2.24) is 10.2 Å². The molecule has 2 atom stereocenters. The molecule has 178 valence electrons. The van der Waals surface area contributed by atoms with Gasteiger partial charge in [-0.1, -0.05) is 20.8 Å². The van der Waals surface area contributed by atoms with Gasteiger partial charge in [-0.2, -0.15) is 0 Å². The Bertz CT molecular complexity index is 851. The Morgan fingerprint density at radius 3 is 2.44 bits per heavy atom. The molecule has 32 heavy (non-hydrogen) atoms. The van der Waals surface area contributed by atoms with Crippen molar-refractivity contribution in [2.45, 2.75) is 63.2 Å². The molecule has 0 bridgehead atoms. The van der Waals surface area contributed by atoms with Gasteiger partial charge in [0.2, 0.25) is 0 Å². The van der Waals surface area contributed by atoms with Crippen LogP contribution in [0.25, 0.3) is 0 Å². The fourth-order valence-corrected chi connectivity index (χ4v) is 5.21. The molecule has 3 rings (SSSR count). The number of fused-ring (bicyclic) bond motifs is 1. The first kappa shape index (κ1) is 24.4. The van der Waals surface area contributed by atoms with E-state index >= 15 is 0 Å². The Morgan fingerprint density at radius 1 is 1.22 bits per heavy atom. The van der Waals surface area contributed by atoms with Gasteiger partial charge in [-0.15, -0.1) is 11.8 Å². The van der Waals surface area contributed by atoms with E-state index in [1.54, 1.807) is 0 Å². The summed E-state index contributed by atoms with van der Waals surface area (Å²) in [4.78, 5) is 50.6. The van der Waals surface area contributed by atoms with Crippen LogP contribution < -0.4 is 11.1 Å². The van der Waals surface area contributed by atoms with Crippen molar-refractivity contribution in [1.29, 1.82) is 0 Å². The minimum atomic E-state index is -2.49. The highest BCUT2D eigenvalue weighted by Crippen LogP contribution is 2.43. The summed E-state index contributed by atoms with van der Waals surface area (Å²) in [5, 5.41) is 1.89. The maximum absolute atomic E-state index is 13.2. The molecule has 3 aliphatic rings. The third kappa shape index (κ3) is 5.22. The lowest BCUT2D eigenvalue weighted by molar-refractivity contribution is -0.148. The van der Waals surface area contributed by atoms with E-state index in [9.17, 15) is 19.2 Å². The molecule has 0 aromatic rings. The first-order valence-corrected chi connectivity index (χ1v) is 14.5. The van der Waals surface area contributed by atoms with Crippen molar-refractivity contribution in [3.63, 3.8) is 0 Å². The molecule has 3 amide bonds. The number of nitrogens with one attached hydrogen (secondary N) is 1. The van der Waals surface area contributed by atoms with Crippen LogP contribution in [-0.4, -0.2) is 67.7 Å². The summed E-state index contributed by atoms with van der Waals surface area (Å²) in [5.41, 5.74) is 5.59. The summed E-state index contributed by atoms with van der Waals surface area (Å²) >= 11 is 1.36. The van der Waals surface area contributed by atoms with E-state index < -0.39 is 43.8 Å². The number of hydrogen-bond donors (Lipinski definition) is 2. The van der Waals surface area contributed by atoms with Crippen LogP contribution in [0.2, 0.25) is 18.1 Å². The van der Waals surface area contributed by atoms with E-state index in [4.69, 9.17) is 19.6 Å². The number of carbonyl (C=O) groups excluding carboxylic acids is 4. The summed E-state index contributed by atoms with van der Waals surface area (Å²) in [6.07, 6.45) is 0.466. The standard InChI is InChI=1S/C20H31N3O7SSi/c1-20(2,3)32(4,5)30-17(25)14-12(9-28-18(21)26)10-31-16-13(15(24)23(14)16)22-19(27)29-8-11-6-7-11/h11,13,16H,6-10H2,1-5H3,(H2,21,26)(H,22,27)/t13-,16-/m1/s1. The number of nitrogens with zero attached hydrogens (tertiary/aromatic N) is 1. The largest absolute Gasteiger partial charge is 0.515 e. The highest BCUT2D eigenvalue weighted by atomic mass is 32.2. The Morgan fingerprint density at radius 2 is 1.88 bits per heavy atom. The molecule has 1 saturated heterocycles. The van der Waals surface area contributed by atoms with Gasteiger partial charge in [0.05, 0.1) is 6.61 Å². The molecule has 1 saturated carbocycles. The van der Waals surface area contributed by atoms with Crippen molar-refractivity contribution >= 4 is 44.1 Å². The van der Waals surface area contributed by atoms with E-state index in [0.717, 1.165) is 12.8 Å². The highest BCUT2D eigenvalue weighted by molar-refractivity contribution is 8.00. The van der Waals surface area contributed by atoms with Crippen molar-refractivity contribution in [2.24, 2.45) is 11.7 Å². The van der Waals surface area contributed by atoms with E-state index in [0.29, 0.717) is 23.9 Å². The first-order valence-electron chi connectivity index (χ1n) is 10.6. The van der Waals surface area contributed by atoms with E-state index in [1.807, 2.05) is 33.9 Å². The lowest BCUT2D eigenvalue weighted by Gasteiger charge is -2.50. The number of ether oxygens (including phenoxy) is 2. The predicted octanol–water partition coefficient (Wildman–Crippen LogP) is 2.30. The third-order valence-electron chi connectivity index (χ3n) is 6.20. The van der Waals surface area contributed by atoms with Crippen LogP contribution in [0.5, 0.6) is 0 Å². The van der Waals surface area contributed by atoms with Crippen molar-refractivity contribution in [2.75, 3.05) is 19.0 Å². The zero-order valence-corrected chi connectivity index (χ0v) is 20.9. The van der Waals surface area contributed by atoms with Crippen LogP contribution in [-0.2, 0) is 23.5 Å². The molecule has 0 spiro atoms. The molecular formula is C20H31N3O7SSi. The number of primary amides is 1. The summed E-state index contributed by atoms with van der Waals surface area (Å²) in [5.74, 6) is -0.345. The lowest BCUT2D eigenvalue weighted by atomic mass is 10.0. The smallest absolute Gasteiger partial charge is 0.407 e. The average molecular weight is 486 g/mol. The Kier molecular flexibility index (Phi) is 6.85. The van der Waals surface area contributed by atoms with Crippen LogP contribution >= 0.6 is 11.8 Å². The second-order valence-electron chi connectivity index (χ2n) is 9.78. The number of β-lactam (4-membered cyclic amide) rings is 1. The number of nitrogens with two attached hydrogens (primary N) is 1. The van der Waals surface area contributed by atoms with Crippen LogP contribution in [0.15, 0.2) is 11.3 Å². The summed E-state index contributed by atoms with van der Waals surface area (Å²) in [6.45, 7) is 9.98. The molecule has 3 N–H and O–H groups in total. The van der Waals surface area contributed by atoms with Crippen LogP contribution in [0.1, 0.15) is 33.6 Å². The molecule has 0 aromatic heterocycles. The van der Waals surface area contributed by atoms with Crippen molar-refractivity contribution in [3.05, 3.63) is 11.3 Å². The molecule has 2 fully saturated rings. The van der Waals surface area contributed by atoms with Crippen LogP contribution in [0, 0.1) is 5.92 Å². The predicted molar refractivity (Wildman–Crippen MR) is 120 cm³/mol. The number of rotatable bonds is 7. The molecule has 1 aliphatic carbocycles. The Labute approximate surface area is 192 Å². The number of amides is 3. The fraction of sp³-hybridized carbons (Fsp3) is 0.700. The lowest BCUT2D eigenvalue weighted by Crippen LogP contribution is -2.71. The highest BCUT2D eigenvalue weighted by Gasteiger charge is 2.55. The monoisotopic (exact) mass is 485 g/mol. The van der Waals surface area contributed by atoms with E-state index in [2.05, 4.69) is 5.32 Å². The second kappa shape index (κ2) is 8.97. The number of thioether (sulfide) groups is 1. The number of carbonyl (C=O) groups is 4. The SMILES string of the molecule is CC(C)(C)[Si](C)(C)OC(=O)C1=C(COC(N)=O)CS[C@@H]2[C@H](NC(=O)OCC3CC3)C(=O)N12. The second-order valence-corrected chi connectivity index (χ2v) is 15.6. The van der Waals surface area contributed by atoms with Gasteiger partial charge in [-0.25, -0.2) is 14.4 Å². The summed E-state index contributed by atoms with van der Waals surface area (Å²) in [6, 6.07) is -0.805. The zero-order valence-electron chi connectivity index (χ0n) is 19.1.